The molecule has 0 fully saturated rings. The number of ether oxygens (including phenoxy) is 1. The molecule has 0 aliphatic heterocycles. The van der Waals surface area contributed by atoms with Crippen LogP contribution in [0.25, 0.3) is 0 Å². The Morgan fingerprint density at radius 3 is 1.28 bits per heavy atom. The van der Waals surface area contributed by atoms with Crippen LogP contribution in [0.4, 0.5) is 0 Å². The second-order valence-corrected chi connectivity index (χ2v) is 17.9. The Morgan fingerprint density at radius 2 is 0.867 bits per heavy atom. The van der Waals surface area contributed by atoms with Crippen LogP contribution in [-0.4, -0.2) is 41.6 Å². The molecule has 4 N–H and O–H groups in total. The van der Waals surface area contributed by atoms with Crippen LogP contribution in [0.5, 0.6) is 0 Å². The molecule has 1 amide bonds. The third-order valence-corrected chi connectivity index (χ3v) is 12.0. The molecule has 0 bridgehead atoms. The van der Waals surface area contributed by atoms with Crippen molar-refractivity contribution < 1.29 is 24.2 Å². The molecule has 0 aliphatic rings. The minimum absolute atomic E-state index is 0.0136. The van der Waals surface area contributed by atoms with Crippen molar-refractivity contribution >= 4 is 17.8 Å². The number of aliphatic carboxylic acids is 1. The third-order valence-electron chi connectivity index (χ3n) is 12.0. The van der Waals surface area contributed by atoms with E-state index in [9.17, 15) is 19.5 Å². The van der Waals surface area contributed by atoms with Crippen LogP contribution in [0, 0.1) is 0 Å². The van der Waals surface area contributed by atoms with E-state index in [1.807, 2.05) is 0 Å². The number of allylic oxidation sites excluding steroid dienone is 4. The number of nitrogens with one attached hydrogen (secondary N) is 1. The molecule has 60 heavy (non-hydrogen) atoms. The summed E-state index contributed by atoms with van der Waals surface area (Å²) in [5.41, 5.74) is 5.50. The van der Waals surface area contributed by atoms with Crippen LogP contribution in [-0.2, 0) is 19.1 Å². The van der Waals surface area contributed by atoms with E-state index in [0.29, 0.717) is 32.2 Å². The van der Waals surface area contributed by atoms with E-state index >= 15 is 0 Å². The summed E-state index contributed by atoms with van der Waals surface area (Å²) in [6, 6.07) is -0.856. The highest BCUT2D eigenvalue weighted by Crippen LogP contribution is 2.20. The average molecular weight is 845 g/mol. The highest BCUT2D eigenvalue weighted by molar-refractivity contribution is 5.83. The molecule has 352 valence electrons. The number of carbonyl (C=O) groups excluding carboxylic acids is 2. The molecule has 0 heterocycles. The quantitative estimate of drug-likeness (QED) is 0.0319. The first-order valence-electron chi connectivity index (χ1n) is 26.2. The molecule has 2 unspecified atom stereocenters. The van der Waals surface area contributed by atoms with Crippen molar-refractivity contribution in [3.05, 3.63) is 24.3 Å². The van der Waals surface area contributed by atoms with Crippen molar-refractivity contribution in [2.24, 2.45) is 5.73 Å². The second-order valence-electron chi connectivity index (χ2n) is 17.9. The van der Waals surface area contributed by atoms with E-state index in [1.165, 1.54) is 167 Å². The molecular formula is C53H100N2O5. The highest BCUT2D eigenvalue weighted by Gasteiger charge is 2.19. The molecule has 0 aromatic heterocycles. The number of nitrogens with two attached hydrogens (primary N) is 1. The Hall–Kier alpha value is -2.15. The van der Waals surface area contributed by atoms with Crippen LogP contribution < -0.4 is 11.1 Å². The number of unbranched alkanes of at least 4 members (excludes halogenated alkanes) is 30. The Bertz CT molecular complexity index is 998. The van der Waals surface area contributed by atoms with Gasteiger partial charge in [-0.05, 0) is 90.0 Å². The number of esters is 1. The fourth-order valence-electron chi connectivity index (χ4n) is 8.07. The molecule has 7 heteroatoms. The number of carboxylic acids is 1. The van der Waals surface area contributed by atoms with Crippen molar-refractivity contribution in [3.8, 4) is 0 Å². The minimum atomic E-state index is -1.00. The molecule has 0 aliphatic carbocycles. The maximum Gasteiger partial charge on any atom is 0.326 e. The standard InChI is InChI=1S/C53H100N2O5/c1-3-5-7-9-11-13-15-17-18-19-20-21-22-23-24-26-28-30-32-37-41-47-52(57)60-49(43-38-34-31-29-27-25-16-14-12-10-8-6-4-2)44-39-35-33-36-40-46-51(56)55-50(53(58)59)45-42-48-54/h15,17,19-20,49-50H,3-14,16,18,21-48,54H2,1-2H3,(H,55,56)(H,58,59)/b17-15-,20-19-. The van der Waals surface area contributed by atoms with Gasteiger partial charge >= 0.3 is 11.9 Å². The zero-order chi connectivity index (χ0) is 43.8. The summed E-state index contributed by atoms with van der Waals surface area (Å²) in [5.74, 6) is -1.22. The number of amides is 1. The van der Waals surface area contributed by atoms with Crippen molar-refractivity contribution in [2.75, 3.05) is 6.54 Å². The summed E-state index contributed by atoms with van der Waals surface area (Å²) < 4.78 is 6.09. The van der Waals surface area contributed by atoms with Gasteiger partial charge in [-0.2, -0.15) is 0 Å². The smallest absolute Gasteiger partial charge is 0.326 e. The maximum atomic E-state index is 12.9. The van der Waals surface area contributed by atoms with Crippen LogP contribution in [0.3, 0.4) is 0 Å². The molecule has 0 rings (SSSR count). The lowest BCUT2D eigenvalue weighted by atomic mass is 10.0. The summed E-state index contributed by atoms with van der Waals surface area (Å²) in [7, 11) is 0. The van der Waals surface area contributed by atoms with Gasteiger partial charge in [0.25, 0.3) is 0 Å². The molecule has 0 spiro atoms. The van der Waals surface area contributed by atoms with Gasteiger partial charge in [0.15, 0.2) is 0 Å². The summed E-state index contributed by atoms with van der Waals surface area (Å²) in [4.78, 5) is 36.6. The normalized spacial score (nSPS) is 12.7. The van der Waals surface area contributed by atoms with E-state index in [4.69, 9.17) is 10.5 Å². The first kappa shape index (κ1) is 57.9. The Balaban J connectivity index is 4.22. The predicted molar refractivity (Wildman–Crippen MR) is 257 cm³/mol. The van der Waals surface area contributed by atoms with Gasteiger partial charge in [0.1, 0.15) is 12.1 Å². The number of rotatable bonds is 48. The third kappa shape index (κ3) is 43.9. The summed E-state index contributed by atoms with van der Waals surface area (Å²) >= 11 is 0. The van der Waals surface area contributed by atoms with E-state index < -0.39 is 12.0 Å². The van der Waals surface area contributed by atoms with Gasteiger partial charge in [-0.15, -0.1) is 0 Å². The lowest BCUT2D eigenvalue weighted by Gasteiger charge is -2.18. The lowest BCUT2D eigenvalue weighted by molar-refractivity contribution is -0.150. The largest absolute Gasteiger partial charge is 0.480 e. The zero-order valence-electron chi connectivity index (χ0n) is 39.8. The van der Waals surface area contributed by atoms with Crippen LogP contribution in [0.1, 0.15) is 277 Å². The monoisotopic (exact) mass is 845 g/mol. The van der Waals surface area contributed by atoms with E-state index in [1.54, 1.807) is 0 Å². The first-order chi connectivity index (χ1) is 29.4. The number of carboxylic acid groups (broad SMARTS) is 1. The average Bonchev–Trinajstić information content (AvgIpc) is 3.23. The van der Waals surface area contributed by atoms with Crippen molar-refractivity contribution in [3.63, 3.8) is 0 Å². The Morgan fingerprint density at radius 1 is 0.483 bits per heavy atom. The number of hydrogen-bond acceptors (Lipinski definition) is 5. The van der Waals surface area contributed by atoms with Crippen LogP contribution >= 0.6 is 0 Å². The van der Waals surface area contributed by atoms with Gasteiger partial charge in [-0.25, -0.2) is 4.79 Å². The predicted octanol–water partition coefficient (Wildman–Crippen LogP) is 15.6. The van der Waals surface area contributed by atoms with Crippen molar-refractivity contribution in [1.29, 1.82) is 0 Å². The number of carbonyl (C=O) groups is 3. The zero-order valence-corrected chi connectivity index (χ0v) is 39.8. The molecule has 0 radical (unpaired) electrons. The summed E-state index contributed by atoms with van der Waals surface area (Å²) in [5, 5.41) is 12.0. The van der Waals surface area contributed by atoms with Crippen molar-refractivity contribution in [2.45, 2.75) is 289 Å². The van der Waals surface area contributed by atoms with Crippen LogP contribution in [0.15, 0.2) is 24.3 Å². The first-order valence-corrected chi connectivity index (χ1v) is 26.2. The van der Waals surface area contributed by atoms with E-state index in [0.717, 1.165) is 70.6 Å². The summed E-state index contributed by atoms with van der Waals surface area (Å²) in [6.45, 7) is 4.96. The van der Waals surface area contributed by atoms with Gasteiger partial charge < -0.3 is 20.9 Å². The Labute approximate surface area is 372 Å². The van der Waals surface area contributed by atoms with Crippen molar-refractivity contribution in [1.82, 2.24) is 5.32 Å². The van der Waals surface area contributed by atoms with E-state index in [-0.39, 0.29) is 18.0 Å². The maximum absolute atomic E-state index is 12.9. The van der Waals surface area contributed by atoms with E-state index in [2.05, 4.69) is 43.5 Å². The fourth-order valence-corrected chi connectivity index (χ4v) is 8.07. The minimum Gasteiger partial charge on any atom is -0.480 e. The molecule has 2 atom stereocenters. The number of hydrogen-bond donors (Lipinski definition) is 3. The molecule has 0 aromatic carbocycles. The SMILES string of the molecule is CCCCCCC/C=C\C/C=C\CCCCCCCCCCCC(=O)OC(CCCCCCCCCCCCCCC)CCCCCCCC(=O)NC(CCCN)C(=O)O. The fraction of sp³-hybridized carbons (Fsp3) is 0.868. The molecule has 0 saturated carbocycles. The van der Waals surface area contributed by atoms with Gasteiger partial charge in [-0.3, -0.25) is 9.59 Å². The summed E-state index contributed by atoms with van der Waals surface area (Å²) in [6.07, 6.45) is 56.6. The second kappa shape index (κ2) is 47.9. The topological polar surface area (TPSA) is 119 Å². The molecule has 0 aromatic rings. The van der Waals surface area contributed by atoms with Gasteiger partial charge in [-0.1, -0.05) is 205 Å². The Kier molecular flexibility index (Phi) is 46.2. The molecule has 0 saturated heterocycles. The highest BCUT2D eigenvalue weighted by atomic mass is 16.5. The van der Waals surface area contributed by atoms with Gasteiger partial charge in [0, 0.05) is 12.8 Å². The molecule has 7 nitrogen and oxygen atoms in total. The van der Waals surface area contributed by atoms with Crippen LogP contribution in [0.2, 0.25) is 0 Å². The van der Waals surface area contributed by atoms with Gasteiger partial charge in [0.05, 0.1) is 0 Å². The lowest BCUT2D eigenvalue weighted by Crippen LogP contribution is -2.40. The molecular weight excluding hydrogens is 745 g/mol. The van der Waals surface area contributed by atoms with Gasteiger partial charge in [0.2, 0.25) is 5.91 Å².